The molecule has 0 heterocycles. The van der Waals surface area contributed by atoms with Crippen molar-refractivity contribution in [2.75, 3.05) is 20.8 Å². The second-order valence-corrected chi connectivity index (χ2v) is 5.03. The van der Waals surface area contributed by atoms with Crippen molar-refractivity contribution in [3.63, 3.8) is 0 Å². The van der Waals surface area contributed by atoms with Gasteiger partial charge in [-0.25, -0.2) is 0 Å². The van der Waals surface area contributed by atoms with Gasteiger partial charge in [0.25, 0.3) is 0 Å². The minimum absolute atomic E-state index is 0.347. The zero-order chi connectivity index (χ0) is 11.8. The lowest BCUT2D eigenvalue weighted by Gasteiger charge is -2.28. The summed E-state index contributed by atoms with van der Waals surface area (Å²) < 4.78 is 10.6. The highest BCUT2D eigenvalue weighted by Crippen LogP contribution is 2.27. The van der Waals surface area contributed by atoms with Crippen molar-refractivity contribution in [3.05, 3.63) is 0 Å². The summed E-state index contributed by atoms with van der Waals surface area (Å²) in [5.41, 5.74) is 0. The van der Waals surface area contributed by atoms with Crippen LogP contribution in [0.25, 0.3) is 0 Å². The van der Waals surface area contributed by atoms with Gasteiger partial charge in [0.05, 0.1) is 6.10 Å². The molecule has 0 N–H and O–H groups in total. The van der Waals surface area contributed by atoms with Crippen molar-refractivity contribution >= 4 is 0 Å². The quantitative estimate of drug-likeness (QED) is 0.619. The molecule has 0 aliphatic rings. The second-order valence-electron chi connectivity index (χ2n) is 5.03. The van der Waals surface area contributed by atoms with Crippen molar-refractivity contribution in [1.82, 2.24) is 0 Å². The van der Waals surface area contributed by atoms with Crippen LogP contribution in [-0.2, 0) is 9.47 Å². The summed E-state index contributed by atoms with van der Waals surface area (Å²) in [7, 11) is 3.55. The fourth-order valence-electron chi connectivity index (χ4n) is 2.20. The Bertz CT molecular complexity index is 135. The van der Waals surface area contributed by atoms with Gasteiger partial charge in [0.15, 0.2) is 0 Å². The summed E-state index contributed by atoms with van der Waals surface area (Å²) >= 11 is 0. The first-order valence-corrected chi connectivity index (χ1v) is 6.04. The number of methoxy groups -OCH3 is 2. The molecule has 0 saturated carbocycles. The number of rotatable bonds is 8. The summed E-state index contributed by atoms with van der Waals surface area (Å²) in [5.74, 6) is 2.20. The van der Waals surface area contributed by atoms with E-state index in [1.165, 1.54) is 0 Å². The average Bonchev–Trinajstić information content (AvgIpc) is 2.17. The zero-order valence-electron chi connectivity index (χ0n) is 11.2. The Hall–Kier alpha value is -0.0800. The predicted octanol–water partition coefficient (Wildman–Crippen LogP) is 3.36. The van der Waals surface area contributed by atoms with Crippen LogP contribution in [0.15, 0.2) is 0 Å². The van der Waals surface area contributed by atoms with E-state index in [0.717, 1.165) is 37.2 Å². The van der Waals surface area contributed by atoms with E-state index in [1.54, 1.807) is 14.2 Å². The van der Waals surface area contributed by atoms with Crippen molar-refractivity contribution in [3.8, 4) is 0 Å². The molecule has 0 radical (unpaired) electrons. The van der Waals surface area contributed by atoms with Gasteiger partial charge in [0.1, 0.15) is 0 Å². The van der Waals surface area contributed by atoms with Gasteiger partial charge in [-0.2, -0.15) is 0 Å². The molecule has 0 saturated heterocycles. The highest BCUT2D eigenvalue weighted by molar-refractivity contribution is 4.72. The summed E-state index contributed by atoms with van der Waals surface area (Å²) in [5, 5.41) is 0. The first-order chi connectivity index (χ1) is 7.02. The van der Waals surface area contributed by atoms with Crippen molar-refractivity contribution in [2.45, 2.75) is 46.6 Å². The monoisotopic (exact) mass is 216 g/mol. The molecule has 92 valence electrons. The van der Waals surface area contributed by atoms with Gasteiger partial charge in [-0.1, -0.05) is 27.7 Å². The molecule has 0 aromatic rings. The van der Waals surface area contributed by atoms with Gasteiger partial charge in [-0.15, -0.1) is 0 Å². The predicted molar refractivity (Wildman–Crippen MR) is 65.1 cm³/mol. The van der Waals surface area contributed by atoms with Crippen LogP contribution < -0.4 is 0 Å². The van der Waals surface area contributed by atoms with Crippen LogP contribution in [0.4, 0.5) is 0 Å². The molecular weight excluding hydrogens is 188 g/mol. The van der Waals surface area contributed by atoms with Crippen LogP contribution in [0.3, 0.4) is 0 Å². The van der Waals surface area contributed by atoms with Crippen LogP contribution >= 0.6 is 0 Å². The maximum Gasteiger partial charge on any atom is 0.0596 e. The SMILES string of the molecule is COCCC(CC(C(C)C)C(C)C)OC. The highest BCUT2D eigenvalue weighted by Gasteiger charge is 2.21. The summed E-state index contributed by atoms with van der Waals surface area (Å²) in [6, 6.07) is 0. The van der Waals surface area contributed by atoms with Crippen molar-refractivity contribution < 1.29 is 9.47 Å². The maximum atomic E-state index is 5.50. The summed E-state index contributed by atoms with van der Waals surface area (Å²) in [6.45, 7) is 9.99. The fourth-order valence-corrected chi connectivity index (χ4v) is 2.20. The zero-order valence-corrected chi connectivity index (χ0v) is 11.2. The third kappa shape index (κ3) is 6.16. The molecule has 2 nitrogen and oxygen atoms in total. The lowest BCUT2D eigenvalue weighted by Crippen LogP contribution is -2.24. The summed E-state index contributed by atoms with van der Waals surface area (Å²) in [6.07, 6.45) is 2.50. The minimum atomic E-state index is 0.347. The van der Waals surface area contributed by atoms with E-state index in [2.05, 4.69) is 27.7 Å². The topological polar surface area (TPSA) is 18.5 Å². The maximum absolute atomic E-state index is 5.50. The Morgan fingerprint density at radius 1 is 0.933 bits per heavy atom. The molecule has 2 heteroatoms. The Balaban J connectivity index is 4.10. The molecular formula is C13H28O2. The molecule has 0 aliphatic carbocycles. The van der Waals surface area contributed by atoms with Gasteiger partial charge in [0, 0.05) is 20.8 Å². The Morgan fingerprint density at radius 3 is 1.80 bits per heavy atom. The minimum Gasteiger partial charge on any atom is -0.385 e. The number of hydrogen-bond donors (Lipinski definition) is 0. The molecule has 0 spiro atoms. The Morgan fingerprint density at radius 2 is 1.47 bits per heavy atom. The molecule has 1 atom stereocenters. The van der Waals surface area contributed by atoms with Crippen LogP contribution in [0.1, 0.15) is 40.5 Å². The third-order valence-electron chi connectivity index (χ3n) is 3.22. The molecule has 0 aromatic carbocycles. The Labute approximate surface area is 95.3 Å². The van der Waals surface area contributed by atoms with Gasteiger partial charge < -0.3 is 9.47 Å². The van der Waals surface area contributed by atoms with E-state index < -0.39 is 0 Å². The molecule has 0 aromatic heterocycles. The molecule has 0 fully saturated rings. The Kier molecular flexibility index (Phi) is 8.07. The normalized spacial score (nSPS) is 14.2. The molecule has 0 bridgehead atoms. The van der Waals surface area contributed by atoms with E-state index in [0.29, 0.717) is 6.10 Å². The molecule has 0 aliphatic heterocycles. The van der Waals surface area contributed by atoms with Crippen LogP contribution in [0, 0.1) is 17.8 Å². The van der Waals surface area contributed by atoms with E-state index in [4.69, 9.17) is 9.47 Å². The highest BCUT2D eigenvalue weighted by atomic mass is 16.5. The lowest BCUT2D eigenvalue weighted by molar-refractivity contribution is 0.0362. The van der Waals surface area contributed by atoms with Crippen molar-refractivity contribution in [1.29, 1.82) is 0 Å². The van der Waals surface area contributed by atoms with Gasteiger partial charge >= 0.3 is 0 Å². The third-order valence-corrected chi connectivity index (χ3v) is 3.22. The molecule has 0 rings (SSSR count). The first kappa shape index (κ1) is 14.9. The number of ether oxygens (including phenoxy) is 2. The lowest BCUT2D eigenvalue weighted by atomic mass is 9.81. The largest absolute Gasteiger partial charge is 0.385 e. The number of hydrogen-bond acceptors (Lipinski definition) is 2. The second kappa shape index (κ2) is 8.12. The van der Waals surface area contributed by atoms with Gasteiger partial charge in [-0.3, -0.25) is 0 Å². The molecule has 0 amide bonds. The van der Waals surface area contributed by atoms with Crippen molar-refractivity contribution in [2.24, 2.45) is 17.8 Å². The van der Waals surface area contributed by atoms with E-state index in [9.17, 15) is 0 Å². The van der Waals surface area contributed by atoms with Gasteiger partial charge in [0.2, 0.25) is 0 Å². The smallest absolute Gasteiger partial charge is 0.0596 e. The average molecular weight is 216 g/mol. The van der Waals surface area contributed by atoms with Crippen LogP contribution in [0.5, 0.6) is 0 Å². The first-order valence-electron chi connectivity index (χ1n) is 6.04. The van der Waals surface area contributed by atoms with Crippen LogP contribution in [0.2, 0.25) is 0 Å². The standard InChI is InChI=1S/C13H28O2/c1-10(2)13(11(3)4)9-12(15-6)7-8-14-5/h10-13H,7-9H2,1-6H3. The van der Waals surface area contributed by atoms with Crippen LogP contribution in [-0.4, -0.2) is 26.9 Å². The molecule has 15 heavy (non-hydrogen) atoms. The summed E-state index contributed by atoms with van der Waals surface area (Å²) in [4.78, 5) is 0. The van der Waals surface area contributed by atoms with E-state index in [-0.39, 0.29) is 0 Å². The van der Waals surface area contributed by atoms with E-state index >= 15 is 0 Å². The van der Waals surface area contributed by atoms with Gasteiger partial charge in [-0.05, 0) is 30.6 Å². The molecule has 1 unspecified atom stereocenters. The van der Waals surface area contributed by atoms with E-state index in [1.807, 2.05) is 0 Å². The fraction of sp³-hybridized carbons (Fsp3) is 1.00.